The van der Waals surface area contributed by atoms with Crippen LogP contribution in [0.3, 0.4) is 0 Å². The molecule has 1 heterocycles. The number of likely N-dealkylation sites (tertiary alicyclic amines) is 1. The summed E-state index contributed by atoms with van der Waals surface area (Å²) in [5.74, 6) is 0.454. The summed E-state index contributed by atoms with van der Waals surface area (Å²) in [5, 5.41) is 3.66. The van der Waals surface area contributed by atoms with Crippen molar-refractivity contribution in [2.45, 2.75) is 19.4 Å². The van der Waals surface area contributed by atoms with Gasteiger partial charge >= 0.3 is 6.03 Å². The van der Waals surface area contributed by atoms with Crippen molar-refractivity contribution in [2.75, 3.05) is 26.8 Å². The monoisotopic (exact) mass is 296 g/mol. The zero-order chi connectivity index (χ0) is 14.4. The molecule has 1 aromatic rings. The standard InChI is InChI=1S/C15H21ClN2O2/c1-20-11-13-3-2-8-18(10-13)15(19)17-9-12-4-6-14(16)7-5-12/h4-7,13H,2-3,8-11H2,1H3,(H,17,19). The highest BCUT2D eigenvalue weighted by Gasteiger charge is 2.23. The molecule has 2 amide bonds. The molecule has 110 valence electrons. The molecule has 5 heteroatoms. The fourth-order valence-corrected chi connectivity index (χ4v) is 2.64. The molecule has 20 heavy (non-hydrogen) atoms. The molecule has 0 aromatic heterocycles. The number of urea groups is 1. The second kappa shape index (κ2) is 7.50. The summed E-state index contributed by atoms with van der Waals surface area (Å²) in [6, 6.07) is 7.51. The average molecular weight is 297 g/mol. The van der Waals surface area contributed by atoms with Gasteiger partial charge in [0, 0.05) is 37.7 Å². The molecule has 1 saturated heterocycles. The molecule has 1 aromatic carbocycles. The molecule has 1 unspecified atom stereocenters. The van der Waals surface area contributed by atoms with E-state index in [2.05, 4.69) is 5.32 Å². The summed E-state index contributed by atoms with van der Waals surface area (Å²) in [6.45, 7) is 2.86. The average Bonchev–Trinajstić information content (AvgIpc) is 2.47. The Morgan fingerprint density at radius 3 is 2.90 bits per heavy atom. The van der Waals surface area contributed by atoms with Crippen molar-refractivity contribution in [3.05, 3.63) is 34.9 Å². The van der Waals surface area contributed by atoms with Gasteiger partial charge in [0.15, 0.2) is 0 Å². The van der Waals surface area contributed by atoms with Gasteiger partial charge in [0.25, 0.3) is 0 Å². The van der Waals surface area contributed by atoms with Crippen LogP contribution in [0.1, 0.15) is 18.4 Å². The zero-order valence-corrected chi connectivity index (χ0v) is 12.5. The molecule has 1 fully saturated rings. The fourth-order valence-electron chi connectivity index (χ4n) is 2.51. The maximum Gasteiger partial charge on any atom is 0.317 e. The maximum absolute atomic E-state index is 12.1. The first-order chi connectivity index (χ1) is 9.69. The first kappa shape index (κ1) is 15.1. The third-order valence-electron chi connectivity index (χ3n) is 3.57. The smallest absolute Gasteiger partial charge is 0.317 e. The van der Waals surface area contributed by atoms with Gasteiger partial charge in [-0.1, -0.05) is 23.7 Å². The van der Waals surface area contributed by atoms with E-state index in [1.165, 1.54) is 0 Å². The number of hydrogen-bond donors (Lipinski definition) is 1. The summed E-state index contributed by atoms with van der Waals surface area (Å²) in [4.78, 5) is 14.0. The lowest BCUT2D eigenvalue weighted by molar-refractivity contribution is 0.100. The van der Waals surface area contributed by atoms with Crippen molar-refractivity contribution in [3.63, 3.8) is 0 Å². The van der Waals surface area contributed by atoms with E-state index in [0.717, 1.165) is 38.1 Å². The number of hydrogen-bond acceptors (Lipinski definition) is 2. The second-order valence-corrected chi connectivity index (χ2v) is 5.63. The molecule has 0 saturated carbocycles. The van der Waals surface area contributed by atoms with Crippen molar-refractivity contribution in [1.29, 1.82) is 0 Å². The molecule has 0 aliphatic carbocycles. The molecule has 4 nitrogen and oxygen atoms in total. The van der Waals surface area contributed by atoms with Gasteiger partial charge in [-0.3, -0.25) is 0 Å². The highest BCUT2D eigenvalue weighted by molar-refractivity contribution is 6.30. The van der Waals surface area contributed by atoms with Crippen molar-refractivity contribution in [3.8, 4) is 0 Å². The highest BCUT2D eigenvalue weighted by atomic mass is 35.5. The third-order valence-corrected chi connectivity index (χ3v) is 3.82. The van der Waals surface area contributed by atoms with Crippen LogP contribution in [0.5, 0.6) is 0 Å². The Morgan fingerprint density at radius 2 is 2.20 bits per heavy atom. The van der Waals surface area contributed by atoms with Crippen LogP contribution in [0, 0.1) is 5.92 Å². The zero-order valence-electron chi connectivity index (χ0n) is 11.8. The molecule has 1 atom stereocenters. The summed E-state index contributed by atoms with van der Waals surface area (Å²) in [7, 11) is 1.71. The number of piperidine rings is 1. The van der Waals surface area contributed by atoms with Crippen molar-refractivity contribution in [1.82, 2.24) is 10.2 Å². The number of ether oxygens (including phenoxy) is 1. The van der Waals surface area contributed by atoms with E-state index < -0.39 is 0 Å². The van der Waals surface area contributed by atoms with Crippen LogP contribution in [-0.4, -0.2) is 37.7 Å². The summed E-state index contributed by atoms with van der Waals surface area (Å²) in [6.07, 6.45) is 2.18. The van der Waals surface area contributed by atoms with Gasteiger partial charge < -0.3 is 15.0 Å². The summed E-state index contributed by atoms with van der Waals surface area (Å²) in [5.41, 5.74) is 1.05. The fraction of sp³-hybridized carbons (Fsp3) is 0.533. The molecule has 0 spiro atoms. The third kappa shape index (κ3) is 4.39. The van der Waals surface area contributed by atoms with Crippen LogP contribution in [0.25, 0.3) is 0 Å². The van der Waals surface area contributed by atoms with Crippen LogP contribution >= 0.6 is 11.6 Å². The van der Waals surface area contributed by atoms with E-state index in [1.54, 1.807) is 7.11 Å². The second-order valence-electron chi connectivity index (χ2n) is 5.19. The molecular formula is C15H21ClN2O2. The number of nitrogens with one attached hydrogen (secondary N) is 1. The van der Waals surface area contributed by atoms with Crippen LogP contribution in [0.4, 0.5) is 4.79 Å². The maximum atomic E-state index is 12.1. The van der Waals surface area contributed by atoms with E-state index in [4.69, 9.17) is 16.3 Å². The Hall–Kier alpha value is -1.26. The van der Waals surface area contributed by atoms with Gasteiger partial charge in [-0.2, -0.15) is 0 Å². The van der Waals surface area contributed by atoms with Crippen LogP contribution in [0.2, 0.25) is 5.02 Å². The molecule has 0 bridgehead atoms. The van der Waals surface area contributed by atoms with E-state index in [-0.39, 0.29) is 6.03 Å². The van der Waals surface area contributed by atoms with Crippen LogP contribution < -0.4 is 5.32 Å². The van der Waals surface area contributed by atoms with Crippen LogP contribution in [-0.2, 0) is 11.3 Å². The number of amides is 2. The van der Waals surface area contributed by atoms with Gasteiger partial charge in [-0.25, -0.2) is 4.79 Å². The van der Waals surface area contributed by atoms with E-state index in [0.29, 0.717) is 17.5 Å². The lowest BCUT2D eigenvalue weighted by atomic mass is 9.99. The molecule has 0 radical (unpaired) electrons. The number of carbonyl (C=O) groups is 1. The number of nitrogens with zero attached hydrogens (tertiary/aromatic N) is 1. The van der Waals surface area contributed by atoms with Gasteiger partial charge in [-0.05, 0) is 30.5 Å². The Morgan fingerprint density at radius 1 is 1.45 bits per heavy atom. The normalized spacial score (nSPS) is 18.9. The first-order valence-corrected chi connectivity index (χ1v) is 7.33. The topological polar surface area (TPSA) is 41.6 Å². The van der Waals surface area contributed by atoms with Gasteiger partial charge in [-0.15, -0.1) is 0 Å². The number of halogens is 1. The van der Waals surface area contributed by atoms with Crippen LogP contribution in [0.15, 0.2) is 24.3 Å². The van der Waals surface area contributed by atoms with Crippen molar-refractivity contribution >= 4 is 17.6 Å². The number of methoxy groups -OCH3 is 1. The Labute approximate surface area is 125 Å². The Balaban J connectivity index is 1.80. The SMILES string of the molecule is COCC1CCCN(C(=O)NCc2ccc(Cl)cc2)C1. The van der Waals surface area contributed by atoms with E-state index in [9.17, 15) is 4.79 Å². The minimum Gasteiger partial charge on any atom is -0.384 e. The lowest BCUT2D eigenvalue weighted by Crippen LogP contribution is -2.46. The first-order valence-electron chi connectivity index (χ1n) is 6.95. The highest BCUT2D eigenvalue weighted by Crippen LogP contribution is 2.16. The van der Waals surface area contributed by atoms with Gasteiger partial charge in [0.05, 0.1) is 6.61 Å². The minimum absolute atomic E-state index is 0.000697. The number of benzene rings is 1. The minimum atomic E-state index is 0.000697. The Kier molecular flexibility index (Phi) is 5.68. The predicted octanol–water partition coefficient (Wildman–Crippen LogP) is 2.91. The van der Waals surface area contributed by atoms with E-state index >= 15 is 0 Å². The molecule has 1 N–H and O–H groups in total. The molecule has 1 aliphatic rings. The van der Waals surface area contributed by atoms with E-state index in [1.807, 2.05) is 29.2 Å². The van der Waals surface area contributed by atoms with Crippen molar-refractivity contribution in [2.24, 2.45) is 5.92 Å². The quantitative estimate of drug-likeness (QED) is 0.928. The van der Waals surface area contributed by atoms with Gasteiger partial charge in [0.1, 0.15) is 0 Å². The molecule has 1 aliphatic heterocycles. The molecule has 2 rings (SSSR count). The number of rotatable bonds is 4. The number of carbonyl (C=O) groups excluding carboxylic acids is 1. The van der Waals surface area contributed by atoms with Crippen molar-refractivity contribution < 1.29 is 9.53 Å². The lowest BCUT2D eigenvalue weighted by Gasteiger charge is -2.32. The predicted molar refractivity (Wildman–Crippen MR) is 79.9 cm³/mol. The van der Waals surface area contributed by atoms with Gasteiger partial charge in [0.2, 0.25) is 0 Å². The summed E-state index contributed by atoms with van der Waals surface area (Å²) < 4.78 is 5.18. The largest absolute Gasteiger partial charge is 0.384 e. The molecular weight excluding hydrogens is 276 g/mol. The Bertz CT molecular complexity index is 434. The summed E-state index contributed by atoms with van der Waals surface area (Å²) >= 11 is 5.83.